The molecule has 0 radical (unpaired) electrons. The summed E-state index contributed by atoms with van der Waals surface area (Å²) in [7, 11) is 1.72. The van der Waals surface area contributed by atoms with Gasteiger partial charge < -0.3 is 19.4 Å². The molecular weight excluding hydrogens is 462 g/mol. The van der Waals surface area contributed by atoms with E-state index < -0.39 is 0 Å². The molecule has 7 nitrogen and oxygen atoms in total. The summed E-state index contributed by atoms with van der Waals surface area (Å²) in [5, 5.41) is 0.936. The second-order valence-electron chi connectivity index (χ2n) is 9.56. The van der Waals surface area contributed by atoms with Crippen LogP contribution in [0, 0.1) is 5.92 Å². The number of benzene rings is 2. The van der Waals surface area contributed by atoms with Crippen LogP contribution >= 0.6 is 11.3 Å². The Hall–Kier alpha value is -3.10. The van der Waals surface area contributed by atoms with Crippen LogP contribution < -0.4 is 20.7 Å². The van der Waals surface area contributed by atoms with Crippen LogP contribution in [0.5, 0.6) is 11.5 Å². The van der Waals surface area contributed by atoms with Crippen LogP contribution in [0.15, 0.2) is 52.1 Å². The van der Waals surface area contributed by atoms with Crippen molar-refractivity contribution in [2.24, 2.45) is 5.92 Å². The highest BCUT2D eigenvalue weighted by Crippen LogP contribution is 2.46. The van der Waals surface area contributed by atoms with Crippen LogP contribution in [0.4, 0.5) is 0 Å². The molecule has 0 aliphatic carbocycles. The molecule has 2 aliphatic heterocycles. The molecule has 2 aromatic carbocycles. The lowest BCUT2D eigenvalue weighted by atomic mass is 9.86. The van der Waals surface area contributed by atoms with Gasteiger partial charge >= 0.3 is 5.69 Å². The van der Waals surface area contributed by atoms with Gasteiger partial charge in [-0.25, -0.2) is 4.79 Å². The number of rotatable bonds is 7. The van der Waals surface area contributed by atoms with Gasteiger partial charge in [0.15, 0.2) is 0 Å². The van der Waals surface area contributed by atoms with Crippen molar-refractivity contribution in [3.63, 3.8) is 0 Å². The molecule has 2 atom stereocenters. The molecule has 182 valence electrons. The van der Waals surface area contributed by atoms with E-state index in [-0.39, 0.29) is 11.2 Å². The van der Waals surface area contributed by atoms with Crippen LogP contribution in [0.2, 0.25) is 0 Å². The zero-order valence-electron chi connectivity index (χ0n) is 19.8. The maximum absolute atomic E-state index is 13.0. The number of fused-ring (bicyclic) bond motifs is 6. The SMILES string of the molecule is COc1cccc2c1[C@@H]1CN(CCCCCn3c(=O)[nH]c4c(sc5ccccc54)c3=O)C[C@@H]1CO2. The van der Waals surface area contributed by atoms with E-state index in [1.54, 1.807) is 7.11 Å². The fourth-order valence-electron chi connectivity index (χ4n) is 5.72. The first-order chi connectivity index (χ1) is 17.1. The highest BCUT2D eigenvalue weighted by molar-refractivity contribution is 7.25. The molecule has 4 aromatic rings. The molecule has 2 aliphatic rings. The van der Waals surface area contributed by atoms with E-state index in [9.17, 15) is 9.59 Å². The standard InChI is InChI=1S/C27H29N3O4S/c1-33-20-9-7-10-21-23(20)19-15-29(14-17(19)16-34-21)12-5-2-6-13-30-26(31)25-24(28-27(30)32)18-8-3-4-11-22(18)35-25/h3-4,7-11,17,19H,2,5-6,12-16H2,1H3,(H,28,32)/t17-,19-/m1/s1. The largest absolute Gasteiger partial charge is 0.496 e. The molecule has 0 saturated carbocycles. The predicted molar refractivity (Wildman–Crippen MR) is 139 cm³/mol. The zero-order chi connectivity index (χ0) is 23.9. The van der Waals surface area contributed by atoms with Gasteiger partial charge in [0.05, 0.1) is 19.2 Å². The molecular formula is C27H29N3O4S. The lowest BCUT2D eigenvalue weighted by Crippen LogP contribution is -2.34. The molecule has 8 heteroatoms. The second kappa shape index (κ2) is 9.17. The summed E-state index contributed by atoms with van der Waals surface area (Å²) in [5.41, 5.74) is 1.38. The Morgan fingerprint density at radius 2 is 1.91 bits per heavy atom. The number of H-pyrrole nitrogens is 1. The molecule has 0 unspecified atom stereocenters. The highest BCUT2D eigenvalue weighted by atomic mass is 32.1. The average Bonchev–Trinajstić information content (AvgIpc) is 3.46. The molecule has 4 heterocycles. The smallest absolute Gasteiger partial charge is 0.328 e. The lowest BCUT2D eigenvalue weighted by molar-refractivity contribution is 0.209. The number of thiophene rings is 1. The van der Waals surface area contributed by atoms with Gasteiger partial charge in [0, 0.05) is 47.1 Å². The highest BCUT2D eigenvalue weighted by Gasteiger charge is 2.40. The zero-order valence-corrected chi connectivity index (χ0v) is 20.6. The number of nitrogens with zero attached hydrogens (tertiary/aromatic N) is 2. The van der Waals surface area contributed by atoms with Crippen molar-refractivity contribution in [1.29, 1.82) is 0 Å². The summed E-state index contributed by atoms with van der Waals surface area (Å²) >= 11 is 1.45. The first-order valence-corrected chi connectivity index (χ1v) is 13.1. The molecule has 1 fully saturated rings. The number of methoxy groups -OCH3 is 1. The molecule has 2 aromatic heterocycles. The van der Waals surface area contributed by atoms with Gasteiger partial charge in [0.2, 0.25) is 0 Å². The second-order valence-corrected chi connectivity index (χ2v) is 10.6. The average molecular weight is 492 g/mol. The van der Waals surface area contributed by atoms with E-state index in [0.29, 0.717) is 28.6 Å². The van der Waals surface area contributed by atoms with Crippen LogP contribution in [-0.4, -0.2) is 47.8 Å². The van der Waals surface area contributed by atoms with Crippen molar-refractivity contribution in [1.82, 2.24) is 14.5 Å². The van der Waals surface area contributed by atoms with Gasteiger partial charge in [-0.1, -0.05) is 30.7 Å². The van der Waals surface area contributed by atoms with Crippen molar-refractivity contribution < 1.29 is 9.47 Å². The van der Waals surface area contributed by atoms with E-state index in [4.69, 9.17) is 9.47 Å². The Bertz CT molecular complexity index is 1490. The number of nitrogens with one attached hydrogen (secondary N) is 1. The van der Waals surface area contributed by atoms with Gasteiger partial charge in [-0.05, 0) is 37.6 Å². The number of aromatic nitrogens is 2. The third-order valence-corrected chi connectivity index (χ3v) is 8.61. The van der Waals surface area contributed by atoms with Gasteiger partial charge in [-0.15, -0.1) is 11.3 Å². The minimum absolute atomic E-state index is 0.179. The van der Waals surface area contributed by atoms with E-state index in [1.807, 2.05) is 42.5 Å². The Labute approximate surface area is 206 Å². The molecule has 35 heavy (non-hydrogen) atoms. The first kappa shape index (κ1) is 22.4. The van der Waals surface area contributed by atoms with Crippen LogP contribution in [0.3, 0.4) is 0 Å². The minimum Gasteiger partial charge on any atom is -0.496 e. The van der Waals surface area contributed by atoms with Crippen LogP contribution in [0.1, 0.15) is 30.7 Å². The van der Waals surface area contributed by atoms with E-state index in [1.165, 1.54) is 21.5 Å². The number of aromatic amines is 1. The van der Waals surface area contributed by atoms with Crippen LogP contribution in [0.25, 0.3) is 20.3 Å². The fourth-order valence-corrected chi connectivity index (χ4v) is 6.83. The quantitative estimate of drug-likeness (QED) is 0.392. The fraction of sp³-hybridized carbons (Fsp3) is 0.407. The summed E-state index contributed by atoms with van der Waals surface area (Å²) < 4.78 is 14.7. The van der Waals surface area contributed by atoms with Gasteiger partial charge in [0.1, 0.15) is 16.2 Å². The number of unbranched alkanes of at least 4 members (excludes halogenated alkanes) is 2. The monoisotopic (exact) mass is 491 g/mol. The molecule has 0 bridgehead atoms. The maximum Gasteiger partial charge on any atom is 0.328 e. The summed E-state index contributed by atoms with van der Waals surface area (Å²) in [5.74, 6) is 2.81. The van der Waals surface area contributed by atoms with E-state index in [2.05, 4.69) is 9.88 Å². The van der Waals surface area contributed by atoms with Gasteiger partial charge in [0.25, 0.3) is 5.56 Å². The maximum atomic E-state index is 13.0. The van der Waals surface area contributed by atoms with Crippen LogP contribution in [-0.2, 0) is 6.54 Å². The number of hydrogen-bond acceptors (Lipinski definition) is 6. The van der Waals surface area contributed by atoms with Crippen molar-refractivity contribution in [3.8, 4) is 11.5 Å². The summed E-state index contributed by atoms with van der Waals surface area (Å²) in [4.78, 5) is 31.1. The van der Waals surface area contributed by atoms with E-state index in [0.717, 1.165) is 67.1 Å². The molecule has 6 rings (SSSR count). The van der Waals surface area contributed by atoms with Crippen molar-refractivity contribution >= 4 is 31.6 Å². The topological polar surface area (TPSA) is 76.6 Å². The Morgan fingerprint density at radius 1 is 1.06 bits per heavy atom. The Balaban J connectivity index is 1.07. The normalized spacial score (nSPS) is 19.6. The molecule has 0 spiro atoms. The van der Waals surface area contributed by atoms with Gasteiger partial charge in [-0.3, -0.25) is 9.36 Å². The molecule has 0 amide bonds. The number of ether oxygens (including phenoxy) is 2. The molecule has 1 saturated heterocycles. The van der Waals surface area contributed by atoms with Crippen molar-refractivity contribution in [2.75, 3.05) is 33.4 Å². The number of likely N-dealkylation sites (tertiary alicyclic amines) is 1. The Morgan fingerprint density at radius 3 is 2.80 bits per heavy atom. The third-order valence-electron chi connectivity index (χ3n) is 7.45. The summed E-state index contributed by atoms with van der Waals surface area (Å²) in [6.07, 6.45) is 2.81. The third kappa shape index (κ3) is 3.94. The van der Waals surface area contributed by atoms with E-state index >= 15 is 0 Å². The summed E-state index contributed by atoms with van der Waals surface area (Å²) in [6.45, 7) is 4.26. The lowest BCUT2D eigenvalue weighted by Gasteiger charge is -2.29. The first-order valence-electron chi connectivity index (χ1n) is 12.3. The van der Waals surface area contributed by atoms with Crippen molar-refractivity contribution in [3.05, 3.63) is 68.9 Å². The van der Waals surface area contributed by atoms with Crippen molar-refractivity contribution in [2.45, 2.75) is 31.7 Å². The minimum atomic E-state index is -0.317. The summed E-state index contributed by atoms with van der Waals surface area (Å²) in [6, 6.07) is 13.9. The number of hydrogen-bond donors (Lipinski definition) is 1. The Kier molecular flexibility index (Phi) is 5.86. The molecule has 1 N–H and O–H groups in total. The predicted octanol–water partition coefficient (Wildman–Crippen LogP) is 4.19. The van der Waals surface area contributed by atoms with Gasteiger partial charge in [-0.2, -0.15) is 0 Å².